The third-order valence-corrected chi connectivity index (χ3v) is 4.83. The normalized spacial score (nSPS) is 14.2. The Labute approximate surface area is 178 Å². The van der Waals surface area contributed by atoms with Crippen LogP contribution in [-0.2, 0) is 12.7 Å². The molecule has 2 unspecified atom stereocenters. The molecule has 1 aromatic carbocycles. The number of hydrogen-bond donors (Lipinski definition) is 2. The van der Waals surface area contributed by atoms with Gasteiger partial charge < -0.3 is 10.6 Å². The Kier molecular flexibility index (Phi) is 9.51. The number of hydrogen-bond acceptors (Lipinski definition) is 3. The number of rotatable bonds is 6. The van der Waals surface area contributed by atoms with Crippen LogP contribution in [0.15, 0.2) is 40.7 Å². The van der Waals surface area contributed by atoms with Crippen molar-refractivity contribution < 1.29 is 13.2 Å². The summed E-state index contributed by atoms with van der Waals surface area (Å²) in [6.07, 6.45) is -4.42. The molecule has 1 heterocycles. The number of aromatic nitrogens is 1. The highest BCUT2D eigenvalue weighted by molar-refractivity contribution is 14.0. The van der Waals surface area contributed by atoms with Crippen LogP contribution in [0.1, 0.15) is 43.0 Å². The van der Waals surface area contributed by atoms with Gasteiger partial charge >= 0.3 is 6.18 Å². The van der Waals surface area contributed by atoms with Gasteiger partial charge in [-0.3, -0.25) is 0 Å². The summed E-state index contributed by atoms with van der Waals surface area (Å²) < 4.78 is 37.9. The lowest BCUT2D eigenvalue weighted by molar-refractivity contribution is -0.140. The van der Waals surface area contributed by atoms with E-state index in [-0.39, 0.29) is 42.5 Å². The molecule has 0 bridgehead atoms. The average molecular weight is 512 g/mol. The van der Waals surface area contributed by atoms with Crippen LogP contribution in [0, 0.1) is 0 Å². The molecule has 0 amide bonds. The molecule has 0 saturated heterocycles. The molecule has 0 fully saturated rings. The minimum atomic E-state index is -4.42. The third kappa shape index (κ3) is 7.28. The van der Waals surface area contributed by atoms with E-state index in [2.05, 4.69) is 46.6 Å². The number of benzene rings is 1. The van der Waals surface area contributed by atoms with E-state index in [0.29, 0.717) is 17.5 Å². The summed E-state index contributed by atoms with van der Waals surface area (Å²) in [5.41, 5.74) is 0.342. The second-order valence-electron chi connectivity index (χ2n) is 5.95. The van der Waals surface area contributed by atoms with Gasteiger partial charge in [-0.15, -0.1) is 35.3 Å². The second-order valence-corrected chi connectivity index (χ2v) is 6.89. The molecular weight excluding hydrogens is 488 g/mol. The minimum absolute atomic E-state index is 0. The Hall–Kier alpha value is -1.36. The van der Waals surface area contributed by atoms with Gasteiger partial charge in [0.05, 0.1) is 6.54 Å². The predicted molar refractivity (Wildman–Crippen MR) is 115 cm³/mol. The van der Waals surface area contributed by atoms with Gasteiger partial charge in [0, 0.05) is 23.9 Å². The van der Waals surface area contributed by atoms with Crippen LogP contribution in [-0.4, -0.2) is 23.5 Å². The van der Waals surface area contributed by atoms with Gasteiger partial charge in [-0.05, 0) is 19.4 Å². The maximum Gasteiger partial charge on any atom is 0.434 e. The maximum absolute atomic E-state index is 12.6. The zero-order chi connectivity index (χ0) is 19.2. The molecule has 0 aliphatic rings. The number of alkyl halides is 3. The first-order chi connectivity index (χ1) is 12.3. The molecule has 27 heavy (non-hydrogen) atoms. The molecule has 2 aromatic rings. The number of halogens is 4. The fourth-order valence-corrected chi connectivity index (χ4v) is 3.09. The zero-order valence-electron chi connectivity index (χ0n) is 15.4. The van der Waals surface area contributed by atoms with Gasteiger partial charge in [0.15, 0.2) is 11.7 Å². The highest BCUT2D eigenvalue weighted by Crippen LogP contribution is 2.30. The second kappa shape index (κ2) is 10.8. The lowest BCUT2D eigenvalue weighted by atomic mass is 9.94. The summed E-state index contributed by atoms with van der Waals surface area (Å²) in [6, 6.07) is 10.2. The number of nitrogens with one attached hydrogen (secondary N) is 2. The number of thiazole rings is 1. The van der Waals surface area contributed by atoms with Crippen molar-refractivity contribution in [2.45, 2.75) is 45.5 Å². The van der Waals surface area contributed by atoms with Crippen LogP contribution in [0.5, 0.6) is 0 Å². The SMILES string of the molecule is CCNC(=NCc1nc(C(F)(F)F)cs1)NC(C)C(C)c1ccccc1.I. The van der Waals surface area contributed by atoms with Gasteiger partial charge in [-0.25, -0.2) is 9.98 Å². The molecule has 0 aliphatic heterocycles. The highest BCUT2D eigenvalue weighted by atomic mass is 127. The molecule has 4 nitrogen and oxygen atoms in total. The highest BCUT2D eigenvalue weighted by Gasteiger charge is 2.33. The van der Waals surface area contributed by atoms with Crippen molar-refractivity contribution in [3.8, 4) is 0 Å². The van der Waals surface area contributed by atoms with Gasteiger partial charge in [0.2, 0.25) is 0 Å². The summed E-state index contributed by atoms with van der Waals surface area (Å²) >= 11 is 0.965. The van der Waals surface area contributed by atoms with Crippen molar-refractivity contribution >= 4 is 41.3 Å². The lowest BCUT2D eigenvalue weighted by Gasteiger charge is -2.24. The van der Waals surface area contributed by atoms with Crippen molar-refractivity contribution in [2.24, 2.45) is 4.99 Å². The molecule has 150 valence electrons. The molecule has 0 spiro atoms. The smallest absolute Gasteiger partial charge is 0.357 e. The Balaban J connectivity index is 0.00000364. The van der Waals surface area contributed by atoms with Crippen LogP contribution < -0.4 is 10.6 Å². The monoisotopic (exact) mass is 512 g/mol. The van der Waals surface area contributed by atoms with E-state index in [1.54, 1.807) is 0 Å². The first-order valence-electron chi connectivity index (χ1n) is 8.42. The summed E-state index contributed by atoms with van der Waals surface area (Å²) in [6.45, 7) is 6.86. The van der Waals surface area contributed by atoms with Gasteiger partial charge in [0.25, 0.3) is 0 Å². The number of guanidine groups is 1. The van der Waals surface area contributed by atoms with Crippen LogP contribution in [0.4, 0.5) is 13.2 Å². The predicted octanol–water partition coefficient (Wildman–Crippen LogP) is 5.03. The molecule has 0 saturated carbocycles. The van der Waals surface area contributed by atoms with Crippen LogP contribution in [0.3, 0.4) is 0 Å². The largest absolute Gasteiger partial charge is 0.434 e. The topological polar surface area (TPSA) is 49.3 Å². The quantitative estimate of drug-likeness (QED) is 0.325. The summed E-state index contributed by atoms with van der Waals surface area (Å²) in [7, 11) is 0. The fraction of sp³-hybridized carbons (Fsp3) is 0.444. The third-order valence-electron chi connectivity index (χ3n) is 4.00. The first-order valence-corrected chi connectivity index (χ1v) is 9.30. The summed E-state index contributed by atoms with van der Waals surface area (Å²) in [5.74, 6) is 0.809. The molecule has 0 radical (unpaired) electrons. The molecule has 2 atom stereocenters. The van der Waals surface area contributed by atoms with Gasteiger partial charge in [-0.1, -0.05) is 37.3 Å². The van der Waals surface area contributed by atoms with Gasteiger partial charge in [-0.2, -0.15) is 13.2 Å². The maximum atomic E-state index is 12.6. The van der Waals surface area contributed by atoms with E-state index >= 15 is 0 Å². The standard InChI is InChI=1S/C18H23F3N4S.HI/c1-4-22-17(23-10-16-25-15(11-26-16)18(19,20)21)24-13(3)12(2)14-8-6-5-7-9-14;/h5-9,11-13H,4,10H2,1-3H3,(H2,22,23,24);1H. The van der Waals surface area contributed by atoms with E-state index < -0.39 is 11.9 Å². The van der Waals surface area contributed by atoms with Crippen LogP contribution in [0.2, 0.25) is 0 Å². The first kappa shape index (κ1) is 23.7. The van der Waals surface area contributed by atoms with E-state index in [4.69, 9.17) is 0 Å². The average Bonchev–Trinajstić information content (AvgIpc) is 3.09. The van der Waals surface area contributed by atoms with Crippen molar-refractivity contribution in [3.63, 3.8) is 0 Å². The Morgan fingerprint density at radius 2 is 1.89 bits per heavy atom. The Morgan fingerprint density at radius 1 is 1.22 bits per heavy atom. The molecule has 1 aromatic heterocycles. The zero-order valence-corrected chi connectivity index (χ0v) is 18.5. The molecule has 0 aliphatic carbocycles. The van der Waals surface area contributed by atoms with Crippen molar-refractivity contribution in [1.82, 2.24) is 15.6 Å². The van der Waals surface area contributed by atoms with Crippen molar-refractivity contribution in [3.05, 3.63) is 52.0 Å². The Bertz CT molecular complexity index is 719. The van der Waals surface area contributed by atoms with E-state index in [0.717, 1.165) is 16.7 Å². The molecule has 9 heteroatoms. The van der Waals surface area contributed by atoms with Crippen LogP contribution in [0.25, 0.3) is 0 Å². The Morgan fingerprint density at radius 3 is 2.44 bits per heavy atom. The van der Waals surface area contributed by atoms with E-state index in [1.807, 2.05) is 25.1 Å². The van der Waals surface area contributed by atoms with Crippen molar-refractivity contribution in [1.29, 1.82) is 0 Å². The summed E-state index contributed by atoms with van der Waals surface area (Å²) in [4.78, 5) is 7.98. The number of aliphatic imine (C=N–C) groups is 1. The van der Waals surface area contributed by atoms with Crippen LogP contribution >= 0.6 is 35.3 Å². The van der Waals surface area contributed by atoms with Crippen molar-refractivity contribution in [2.75, 3.05) is 6.54 Å². The number of nitrogens with zero attached hydrogens (tertiary/aromatic N) is 2. The summed E-state index contributed by atoms with van der Waals surface area (Å²) in [5, 5.41) is 7.79. The molecular formula is C18H24F3IN4S. The molecule has 2 N–H and O–H groups in total. The molecule has 2 rings (SSSR count). The fourth-order valence-electron chi connectivity index (χ4n) is 2.37. The van der Waals surface area contributed by atoms with E-state index in [1.165, 1.54) is 5.56 Å². The van der Waals surface area contributed by atoms with E-state index in [9.17, 15) is 13.2 Å². The van der Waals surface area contributed by atoms with Gasteiger partial charge in [0.1, 0.15) is 5.01 Å². The minimum Gasteiger partial charge on any atom is -0.357 e. The lowest BCUT2D eigenvalue weighted by Crippen LogP contribution is -2.44.